The first-order valence-electron chi connectivity index (χ1n) is 7.62. The molecular weight excluding hydrogens is 376 g/mol. The summed E-state index contributed by atoms with van der Waals surface area (Å²) < 4.78 is 32.7. The van der Waals surface area contributed by atoms with Crippen molar-refractivity contribution in [2.75, 3.05) is 17.6 Å². The van der Waals surface area contributed by atoms with Crippen molar-refractivity contribution in [2.45, 2.75) is 11.2 Å². The number of anilines is 2. The van der Waals surface area contributed by atoms with Gasteiger partial charge in [0, 0.05) is 29.1 Å². The fourth-order valence-electron chi connectivity index (χ4n) is 2.55. The third-order valence-electron chi connectivity index (χ3n) is 3.88. The quantitative estimate of drug-likeness (QED) is 0.455. The molecule has 0 saturated carbocycles. The predicted octanol–water partition coefficient (Wildman–Crippen LogP) is 3.51. The zero-order valence-corrected chi connectivity index (χ0v) is 15.4. The van der Waals surface area contributed by atoms with Gasteiger partial charge in [0.2, 0.25) is 0 Å². The number of benzene rings is 3. The van der Waals surface area contributed by atoms with Crippen molar-refractivity contribution in [3.8, 4) is 0 Å². The number of methoxy groups -OCH3 is 1. The smallest absolute Gasteiger partial charge is 0.261 e. The molecule has 8 heteroatoms. The first-order chi connectivity index (χ1) is 12.3. The third-order valence-corrected chi connectivity index (χ3v) is 5.61. The number of nitrogens with one attached hydrogen (secondary N) is 1. The minimum absolute atomic E-state index is 0.0967. The van der Waals surface area contributed by atoms with Crippen LogP contribution in [0, 0.1) is 0 Å². The van der Waals surface area contributed by atoms with E-state index in [1.807, 2.05) is 6.07 Å². The molecule has 6 nitrogen and oxygen atoms in total. The van der Waals surface area contributed by atoms with Gasteiger partial charge in [0.15, 0.2) is 6.29 Å². The average molecular weight is 393 g/mol. The zero-order valence-electron chi connectivity index (χ0n) is 13.8. The molecular formula is C18H17ClN2O4S. The molecule has 0 spiro atoms. The van der Waals surface area contributed by atoms with Crippen molar-refractivity contribution in [2.24, 2.45) is 0 Å². The molecule has 0 aliphatic heterocycles. The van der Waals surface area contributed by atoms with Gasteiger partial charge in [-0.3, -0.25) is 4.72 Å². The molecule has 3 rings (SSSR count). The largest absolute Gasteiger partial charge is 0.399 e. The molecule has 3 aromatic carbocycles. The number of nitrogen functional groups attached to an aromatic ring is 1. The van der Waals surface area contributed by atoms with Crippen LogP contribution in [0.3, 0.4) is 0 Å². The summed E-state index contributed by atoms with van der Waals surface area (Å²) in [5.41, 5.74) is 6.84. The van der Waals surface area contributed by atoms with Crippen LogP contribution in [0.5, 0.6) is 0 Å². The van der Waals surface area contributed by atoms with Crippen LogP contribution < -0.4 is 10.5 Å². The normalized spacial score (nSPS) is 12.9. The Morgan fingerprint density at radius 2 is 1.81 bits per heavy atom. The van der Waals surface area contributed by atoms with Gasteiger partial charge >= 0.3 is 0 Å². The maximum atomic E-state index is 12.7. The molecule has 0 aliphatic carbocycles. The van der Waals surface area contributed by atoms with Crippen molar-refractivity contribution in [1.29, 1.82) is 0 Å². The van der Waals surface area contributed by atoms with Crippen LogP contribution in [0.4, 0.5) is 11.4 Å². The fourth-order valence-corrected chi connectivity index (χ4v) is 3.84. The minimum Gasteiger partial charge on any atom is -0.399 e. The van der Waals surface area contributed by atoms with Gasteiger partial charge in [-0.1, -0.05) is 23.7 Å². The second kappa shape index (κ2) is 7.13. The van der Waals surface area contributed by atoms with E-state index >= 15 is 0 Å². The van der Waals surface area contributed by atoms with Crippen molar-refractivity contribution in [1.82, 2.24) is 0 Å². The van der Waals surface area contributed by atoms with Gasteiger partial charge in [0.05, 0.1) is 4.90 Å². The zero-order chi connectivity index (χ0) is 18.9. The number of aliphatic hydroxyl groups is 1. The second-order valence-corrected chi connectivity index (χ2v) is 7.79. The van der Waals surface area contributed by atoms with Crippen LogP contribution in [0.1, 0.15) is 11.9 Å². The van der Waals surface area contributed by atoms with E-state index in [1.165, 1.54) is 31.4 Å². The Hall–Kier alpha value is -2.32. The highest BCUT2D eigenvalue weighted by atomic mass is 35.5. The molecule has 0 fully saturated rings. The fraction of sp³-hybridized carbons (Fsp3) is 0.111. The standard InChI is InChI=1S/C18H17ClN2O4S/c1-25-18(22)16-10-14(5-7-17(16)19)21-26(23,24)15-6-3-11-2-4-13(20)8-12(11)9-15/h2-10,18,21-22H,20H2,1H3. The predicted molar refractivity (Wildman–Crippen MR) is 103 cm³/mol. The number of nitrogens with two attached hydrogens (primary N) is 1. The van der Waals surface area contributed by atoms with Crippen molar-refractivity contribution >= 4 is 43.8 Å². The van der Waals surface area contributed by atoms with E-state index in [1.54, 1.807) is 24.3 Å². The Labute approximate surface area is 156 Å². The topological polar surface area (TPSA) is 102 Å². The molecule has 0 radical (unpaired) electrons. The average Bonchev–Trinajstić information content (AvgIpc) is 2.61. The molecule has 0 heterocycles. The molecule has 1 atom stereocenters. The Balaban J connectivity index is 1.96. The lowest BCUT2D eigenvalue weighted by atomic mass is 10.1. The van der Waals surface area contributed by atoms with E-state index in [0.717, 1.165) is 10.8 Å². The summed E-state index contributed by atoms with van der Waals surface area (Å²) in [6, 6.07) is 14.5. The monoisotopic (exact) mass is 392 g/mol. The molecule has 26 heavy (non-hydrogen) atoms. The summed E-state index contributed by atoms with van der Waals surface area (Å²) in [5, 5.41) is 11.7. The minimum atomic E-state index is -3.84. The highest BCUT2D eigenvalue weighted by molar-refractivity contribution is 7.92. The number of fused-ring (bicyclic) bond motifs is 1. The number of sulfonamides is 1. The molecule has 0 saturated heterocycles. The van der Waals surface area contributed by atoms with Crippen LogP contribution in [0.2, 0.25) is 5.02 Å². The van der Waals surface area contributed by atoms with E-state index in [4.69, 9.17) is 22.1 Å². The molecule has 0 aliphatic rings. The lowest BCUT2D eigenvalue weighted by Crippen LogP contribution is -2.13. The molecule has 0 bridgehead atoms. The van der Waals surface area contributed by atoms with Crippen LogP contribution in [0.25, 0.3) is 10.8 Å². The lowest BCUT2D eigenvalue weighted by molar-refractivity contribution is -0.0768. The number of hydrogen-bond donors (Lipinski definition) is 3. The molecule has 3 aromatic rings. The van der Waals surface area contributed by atoms with Crippen LogP contribution >= 0.6 is 11.6 Å². The number of rotatable bonds is 5. The Morgan fingerprint density at radius 3 is 2.54 bits per heavy atom. The molecule has 0 aromatic heterocycles. The van der Waals surface area contributed by atoms with Gasteiger partial charge in [-0.25, -0.2) is 8.42 Å². The van der Waals surface area contributed by atoms with E-state index in [0.29, 0.717) is 5.69 Å². The number of ether oxygens (including phenoxy) is 1. The highest BCUT2D eigenvalue weighted by Gasteiger charge is 2.17. The van der Waals surface area contributed by atoms with E-state index in [-0.39, 0.29) is 21.2 Å². The lowest BCUT2D eigenvalue weighted by Gasteiger charge is -2.14. The van der Waals surface area contributed by atoms with Crippen molar-refractivity contribution in [3.05, 3.63) is 65.2 Å². The first-order valence-corrected chi connectivity index (χ1v) is 9.49. The van der Waals surface area contributed by atoms with Crippen LogP contribution in [0.15, 0.2) is 59.5 Å². The third kappa shape index (κ3) is 3.76. The van der Waals surface area contributed by atoms with E-state index in [9.17, 15) is 13.5 Å². The summed E-state index contributed by atoms with van der Waals surface area (Å²) in [6.07, 6.45) is -1.25. The van der Waals surface area contributed by atoms with Crippen LogP contribution in [-0.2, 0) is 14.8 Å². The van der Waals surface area contributed by atoms with Crippen molar-refractivity contribution in [3.63, 3.8) is 0 Å². The Bertz CT molecular complexity index is 1070. The number of hydrogen-bond acceptors (Lipinski definition) is 5. The summed E-state index contributed by atoms with van der Waals surface area (Å²) >= 11 is 6.01. The molecule has 1 unspecified atom stereocenters. The van der Waals surface area contributed by atoms with E-state index < -0.39 is 16.3 Å². The van der Waals surface area contributed by atoms with Gasteiger partial charge in [0.1, 0.15) is 0 Å². The SMILES string of the molecule is COC(O)c1cc(NS(=O)(=O)c2ccc3ccc(N)cc3c2)ccc1Cl. The maximum Gasteiger partial charge on any atom is 0.261 e. The number of halogens is 1. The van der Waals surface area contributed by atoms with Gasteiger partial charge in [-0.05, 0) is 53.2 Å². The summed E-state index contributed by atoms with van der Waals surface area (Å²) in [7, 11) is -2.52. The van der Waals surface area contributed by atoms with Gasteiger partial charge < -0.3 is 15.6 Å². The Morgan fingerprint density at radius 1 is 1.08 bits per heavy atom. The maximum absolute atomic E-state index is 12.7. The highest BCUT2D eigenvalue weighted by Crippen LogP contribution is 2.28. The van der Waals surface area contributed by atoms with Crippen LogP contribution in [-0.4, -0.2) is 20.6 Å². The van der Waals surface area contributed by atoms with Gasteiger partial charge in [-0.15, -0.1) is 0 Å². The first kappa shape index (κ1) is 18.5. The Kier molecular flexibility index (Phi) is 5.06. The van der Waals surface area contributed by atoms with E-state index in [2.05, 4.69) is 4.72 Å². The summed E-state index contributed by atoms with van der Waals surface area (Å²) in [6.45, 7) is 0. The molecule has 0 amide bonds. The van der Waals surface area contributed by atoms with Gasteiger partial charge in [0.25, 0.3) is 10.0 Å². The summed E-state index contributed by atoms with van der Waals surface area (Å²) in [4.78, 5) is 0.0967. The second-order valence-electron chi connectivity index (χ2n) is 5.70. The molecule has 136 valence electrons. The number of aliphatic hydroxyl groups excluding tert-OH is 1. The van der Waals surface area contributed by atoms with Gasteiger partial charge in [-0.2, -0.15) is 0 Å². The molecule has 4 N–H and O–H groups in total. The van der Waals surface area contributed by atoms with Crippen molar-refractivity contribution < 1.29 is 18.3 Å². The summed E-state index contributed by atoms with van der Waals surface area (Å²) in [5.74, 6) is 0.